The number of nitrogens with one attached hydrogen (secondary N) is 1. The maximum absolute atomic E-state index is 12.6. The van der Waals surface area contributed by atoms with Crippen LogP contribution in [0.2, 0.25) is 0 Å². The minimum atomic E-state index is -0.326. The van der Waals surface area contributed by atoms with Gasteiger partial charge in [-0.3, -0.25) is 9.59 Å². The van der Waals surface area contributed by atoms with E-state index in [1.807, 2.05) is 17.0 Å². The molecule has 2 amide bonds. The molecule has 0 bridgehead atoms. The molecule has 1 aromatic carbocycles. The second-order valence-electron chi connectivity index (χ2n) is 8.01. The van der Waals surface area contributed by atoms with Crippen LogP contribution in [0.3, 0.4) is 0 Å². The Morgan fingerprint density at radius 2 is 2.19 bits per heavy atom. The summed E-state index contributed by atoms with van der Waals surface area (Å²) in [6, 6.07) is 8.34. The van der Waals surface area contributed by atoms with Crippen LogP contribution < -0.4 is 5.32 Å². The number of nitrogens with zero attached hydrogens (tertiary/aromatic N) is 6. The van der Waals surface area contributed by atoms with Gasteiger partial charge in [0, 0.05) is 19.5 Å². The second kappa shape index (κ2) is 7.93. The van der Waals surface area contributed by atoms with Gasteiger partial charge in [-0.2, -0.15) is 4.98 Å². The largest absolute Gasteiger partial charge is 0.354 e. The van der Waals surface area contributed by atoms with Crippen molar-refractivity contribution in [2.45, 2.75) is 38.8 Å². The highest BCUT2D eigenvalue weighted by atomic mass is 16.5. The number of aromatic nitrogens is 5. The Kier molecular flexibility index (Phi) is 4.97. The van der Waals surface area contributed by atoms with Gasteiger partial charge in [0.05, 0.1) is 24.7 Å². The van der Waals surface area contributed by atoms with E-state index in [1.165, 1.54) is 11.1 Å². The van der Waals surface area contributed by atoms with Crippen LogP contribution in [0.15, 0.2) is 35.0 Å². The van der Waals surface area contributed by atoms with Crippen molar-refractivity contribution in [2.24, 2.45) is 5.92 Å². The van der Waals surface area contributed by atoms with Crippen molar-refractivity contribution in [3.05, 3.63) is 47.4 Å². The monoisotopic (exact) mass is 421 g/mol. The van der Waals surface area contributed by atoms with E-state index in [4.69, 9.17) is 4.52 Å². The molecule has 0 unspecified atom stereocenters. The van der Waals surface area contributed by atoms with Gasteiger partial charge < -0.3 is 14.7 Å². The van der Waals surface area contributed by atoms with Crippen LogP contribution in [-0.4, -0.2) is 54.9 Å². The highest BCUT2D eigenvalue weighted by molar-refractivity contribution is 5.89. The van der Waals surface area contributed by atoms with Crippen molar-refractivity contribution in [3.8, 4) is 11.6 Å². The zero-order chi connectivity index (χ0) is 21.4. The van der Waals surface area contributed by atoms with Gasteiger partial charge in [0.2, 0.25) is 11.8 Å². The first kappa shape index (κ1) is 19.4. The number of amides is 2. The Morgan fingerprint density at radius 3 is 3.03 bits per heavy atom. The van der Waals surface area contributed by atoms with E-state index in [0.717, 1.165) is 12.8 Å². The molecule has 1 N–H and O–H groups in total. The third-order valence-corrected chi connectivity index (χ3v) is 5.93. The topological polar surface area (TPSA) is 119 Å². The number of hydrogen-bond donors (Lipinski definition) is 1. The fourth-order valence-electron chi connectivity index (χ4n) is 4.41. The average Bonchev–Trinajstić information content (AvgIpc) is 3.54. The summed E-state index contributed by atoms with van der Waals surface area (Å²) in [4.78, 5) is 31.3. The predicted octanol–water partition coefficient (Wildman–Crippen LogP) is 1.29. The molecular formula is C21H23N7O3. The highest BCUT2D eigenvalue weighted by Gasteiger charge is 2.40. The lowest BCUT2D eigenvalue weighted by molar-refractivity contribution is -0.130. The lowest BCUT2D eigenvalue weighted by atomic mass is 10.1. The minimum Gasteiger partial charge on any atom is -0.354 e. The third kappa shape index (κ3) is 3.80. The first-order valence-corrected chi connectivity index (χ1v) is 10.4. The molecule has 3 heterocycles. The van der Waals surface area contributed by atoms with Crippen LogP contribution in [0.4, 0.5) is 0 Å². The van der Waals surface area contributed by atoms with Crippen molar-refractivity contribution in [3.63, 3.8) is 0 Å². The number of carbonyl (C=O) groups is 2. The number of benzene rings is 1. The number of rotatable bonds is 6. The van der Waals surface area contributed by atoms with Gasteiger partial charge in [-0.05, 0) is 30.9 Å². The van der Waals surface area contributed by atoms with E-state index in [9.17, 15) is 9.59 Å². The van der Waals surface area contributed by atoms with Crippen LogP contribution >= 0.6 is 0 Å². The van der Waals surface area contributed by atoms with Crippen molar-refractivity contribution < 1.29 is 14.1 Å². The summed E-state index contributed by atoms with van der Waals surface area (Å²) in [5.41, 5.74) is 3.01. The Hall–Kier alpha value is -3.56. The van der Waals surface area contributed by atoms with E-state index >= 15 is 0 Å². The molecule has 10 heteroatoms. The summed E-state index contributed by atoms with van der Waals surface area (Å²) in [6.07, 6.45) is 3.85. The molecule has 1 aliphatic carbocycles. The van der Waals surface area contributed by atoms with Gasteiger partial charge in [0.1, 0.15) is 0 Å². The molecule has 160 valence electrons. The van der Waals surface area contributed by atoms with Gasteiger partial charge in [0.25, 0.3) is 5.89 Å². The molecule has 2 atom stereocenters. The molecule has 5 rings (SSSR count). The Labute approximate surface area is 178 Å². The third-order valence-electron chi connectivity index (χ3n) is 5.93. The van der Waals surface area contributed by atoms with Gasteiger partial charge in [0.15, 0.2) is 11.5 Å². The number of carbonyl (C=O) groups excluding carboxylic acids is 2. The molecule has 0 spiro atoms. The standard InChI is InChI=1S/C21H23N7O3/c1-13-23-21(31-25-13)17-12-27(26-24-17)9-8-22-20(30)15-10-19(29)28(11-15)18-7-6-14-4-2-3-5-16(14)18/h2-5,12,15,18H,6-11H2,1H3,(H,22,30)/t15-,18+/m0/s1. The number of aryl methyl sites for hydroxylation is 2. The SMILES string of the molecule is Cc1noc(-c2cn(CCNC(=O)[C@H]3CC(=O)N([C@@H]4CCc5ccccc54)C3)nn2)n1. The molecule has 10 nitrogen and oxygen atoms in total. The van der Waals surface area contributed by atoms with Crippen molar-refractivity contribution in [2.75, 3.05) is 13.1 Å². The van der Waals surface area contributed by atoms with Crippen molar-refractivity contribution >= 4 is 11.8 Å². The number of likely N-dealkylation sites (tertiary alicyclic amines) is 1. The van der Waals surface area contributed by atoms with Crippen LogP contribution in [0.5, 0.6) is 0 Å². The first-order valence-electron chi connectivity index (χ1n) is 10.4. The summed E-state index contributed by atoms with van der Waals surface area (Å²) in [7, 11) is 0. The first-order chi connectivity index (χ1) is 15.1. The summed E-state index contributed by atoms with van der Waals surface area (Å²) >= 11 is 0. The lowest BCUT2D eigenvalue weighted by Crippen LogP contribution is -2.35. The molecule has 1 saturated heterocycles. The maximum atomic E-state index is 12.6. The van der Waals surface area contributed by atoms with E-state index in [0.29, 0.717) is 37.0 Å². The van der Waals surface area contributed by atoms with Crippen LogP contribution in [0.25, 0.3) is 11.6 Å². The molecular weight excluding hydrogens is 398 g/mol. The smallest absolute Gasteiger partial charge is 0.280 e. The van der Waals surface area contributed by atoms with E-state index in [2.05, 4.69) is 37.9 Å². The molecule has 1 aliphatic heterocycles. The van der Waals surface area contributed by atoms with Crippen molar-refractivity contribution in [1.29, 1.82) is 0 Å². The maximum Gasteiger partial charge on any atom is 0.280 e. The van der Waals surface area contributed by atoms with Crippen LogP contribution in [0, 0.1) is 12.8 Å². The zero-order valence-corrected chi connectivity index (χ0v) is 17.2. The molecule has 2 aromatic heterocycles. The summed E-state index contributed by atoms with van der Waals surface area (Å²) in [5, 5.41) is 14.7. The number of hydrogen-bond acceptors (Lipinski definition) is 7. The van der Waals surface area contributed by atoms with Gasteiger partial charge >= 0.3 is 0 Å². The Bertz CT molecular complexity index is 1120. The molecule has 31 heavy (non-hydrogen) atoms. The predicted molar refractivity (Wildman–Crippen MR) is 108 cm³/mol. The summed E-state index contributed by atoms with van der Waals surface area (Å²) in [5.74, 6) is 0.462. The quantitative estimate of drug-likeness (QED) is 0.637. The normalized spacial score (nSPS) is 20.3. The fraction of sp³-hybridized carbons (Fsp3) is 0.429. The van der Waals surface area contributed by atoms with Gasteiger partial charge in [-0.25, -0.2) is 4.68 Å². The van der Waals surface area contributed by atoms with Gasteiger partial charge in [-0.15, -0.1) is 5.10 Å². The van der Waals surface area contributed by atoms with Gasteiger partial charge in [-0.1, -0.05) is 34.6 Å². The van der Waals surface area contributed by atoms with E-state index in [1.54, 1.807) is 17.8 Å². The zero-order valence-electron chi connectivity index (χ0n) is 17.2. The van der Waals surface area contributed by atoms with Crippen LogP contribution in [0.1, 0.15) is 35.8 Å². The number of fused-ring (bicyclic) bond motifs is 1. The van der Waals surface area contributed by atoms with E-state index in [-0.39, 0.29) is 30.2 Å². The fourth-order valence-corrected chi connectivity index (χ4v) is 4.41. The van der Waals surface area contributed by atoms with Crippen LogP contribution in [-0.2, 0) is 22.6 Å². The molecule has 0 radical (unpaired) electrons. The Balaban J connectivity index is 1.14. The second-order valence-corrected chi connectivity index (χ2v) is 8.01. The summed E-state index contributed by atoms with van der Waals surface area (Å²) in [6.45, 7) is 3.04. The average molecular weight is 421 g/mol. The molecule has 3 aromatic rings. The molecule has 2 aliphatic rings. The minimum absolute atomic E-state index is 0.0534. The van der Waals surface area contributed by atoms with E-state index < -0.39 is 0 Å². The molecule has 1 fully saturated rings. The van der Waals surface area contributed by atoms with Crippen molar-refractivity contribution in [1.82, 2.24) is 35.4 Å². The highest BCUT2D eigenvalue weighted by Crippen LogP contribution is 2.38. The molecule has 0 saturated carbocycles. The summed E-state index contributed by atoms with van der Waals surface area (Å²) < 4.78 is 6.68. The lowest BCUT2D eigenvalue weighted by Gasteiger charge is -2.25. The Morgan fingerprint density at radius 1 is 1.32 bits per heavy atom.